The molecule has 0 fully saturated rings. The van der Waals surface area contributed by atoms with Gasteiger partial charge >= 0.3 is 0 Å². The Bertz CT molecular complexity index is 790. The summed E-state index contributed by atoms with van der Waals surface area (Å²) in [6, 6.07) is 10.3. The maximum Gasteiger partial charge on any atom is 0.265 e. The predicted molar refractivity (Wildman–Crippen MR) is 94.6 cm³/mol. The summed E-state index contributed by atoms with van der Waals surface area (Å²) in [5.41, 5.74) is 7.86. The van der Waals surface area contributed by atoms with Gasteiger partial charge in [0.05, 0.1) is 5.56 Å². The fourth-order valence-electron chi connectivity index (χ4n) is 2.15. The van der Waals surface area contributed by atoms with Crippen LogP contribution in [-0.4, -0.2) is 17.9 Å². The van der Waals surface area contributed by atoms with Crippen LogP contribution in [-0.2, 0) is 4.79 Å². The van der Waals surface area contributed by atoms with Gasteiger partial charge in [-0.25, -0.2) is 0 Å². The molecule has 6 heteroatoms. The van der Waals surface area contributed by atoms with Crippen molar-refractivity contribution in [3.8, 4) is 5.75 Å². The summed E-state index contributed by atoms with van der Waals surface area (Å²) in [7, 11) is 0. The van der Waals surface area contributed by atoms with Crippen molar-refractivity contribution in [3.05, 3.63) is 58.1 Å². The van der Waals surface area contributed by atoms with Gasteiger partial charge < -0.3 is 15.8 Å². The quantitative estimate of drug-likeness (QED) is 0.869. The van der Waals surface area contributed by atoms with Gasteiger partial charge in [-0.05, 0) is 56.2 Å². The smallest absolute Gasteiger partial charge is 0.265 e. The zero-order chi connectivity index (χ0) is 17.9. The third-order valence-corrected chi connectivity index (χ3v) is 4.01. The Morgan fingerprint density at radius 2 is 1.92 bits per heavy atom. The second-order valence-corrected chi connectivity index (χ2v) is 5.93. The van der Waals surface area contributed by atoms with E-state index in [2.05, 4.69) is 5.32 Å². The molecule has 0 saturated heterocycles. The Hall–Kier alpha value is -2.53. The van der Waals surface area contributed by atoms with Crippen molar-refractivity contribution in [1.82, 2.24) is 0 Å². The standard InChI is InChI=1S/C18H19ClN2O3/c1-10-7-8-13(17(20)22)16(9-10)24-12(3)18(23)21-15-6-4-5-14(19)11(15)2/h4-9,12H,1-3H3,(H2,20,22)(H,21,23). The van der Waals surface area contributed by atoms with Crippen molar-refractivity contribution in [1.29, 1.82) is 0 Å². The summed E-state index contributed by atoms with van der Waals surface area (Å²) in [4.78, 5) is 23.8. The molecular weight excluding hydrogens is 328 g/mol. The maximum absolute atomic E-state index is 12.4. The highest BCUT2D eigenvalue weighted by molar-refractivity contribution is 6.31. The SMILES string of the molecule is Cc1ccc(C(N)=O)c(OC(C)C(=O)Nc2cccc(Cl)c2C)c1. The first kappa shape index (κ1) is 17.8. The molecule has 5 nitrogen and oxygen atoms in total. The molecule has 0 aliphatic rings. The van der Waals surface area contributed by atoms with Crippen LogP contribution in [0.15, 0.2) is 36.4 Å². The summed E-state index contributed by atoms with van der Waals surface area (Å²) in [5.74, 6) is -0.673. The number of benzene rings is 2. The molecule has 126 valence electrons. The second kappa shape index (κ2) is 7.36. The van der Waals surface area contributed by atoms with E-state index in [1.807, 2.05) is 13.8 Å². The molecule has 0 heterocycles. The van der Waals surface area contributed by atoms with Crippen LogP contribution in [0.25, 0.3) is 0 Å². The van der Waals surface area contributed by atoms with Crippen LogP contribution >= 0.6 is 11.6 Å². The Balaban J connectivity index is 2.16. The van der Waals surface area contributed by atoms with Gasteiger partial charge in [0.25, 0.3) is 11.8 Å². The molecule has 0 bridgehead atoms. The highest BCUT2D eigenvalue weighted by Crippen LogP contribution is 2.24. The van der Waals surface area contributed by atoms with Crippen LogP contribution in [0.2, 0.25) is 5.02 Å². The minimum Gasteiger partial charge on any atom is -0.480 e. The monoisotopic (exact) mass is 346 g/mol. The van der Waals surface area contributed by atoms with Gasteiger partial charge in [0.1, 0.15) is 5.75 Å². The van der Waals surface area contributed by atoms with Crippen molar-refractivity contribution in [2.75, 3.05) is 5.32 Å². The van der Waals surface area contributed by atoms with E-state index in [0.29, 0.717) is 10.7 Å². The van der Waals surface area contributed by atoms with E-state index in [1.54, 1.807) is 43.3 Å². The predicted octanol–water partition coefficient (Wildman–Crippen LogP) is 3.46. The van der Waals surface area contributed by atoms with Crippen LogP contribution in [0.1, 0.15) is 28.4 Å². The highest BCUT2D eigenvalue weighted by atomic mass is 35.5. The van der Waals surface area contributed by atoms with Gasteiger partial charge in [-0.3, -0.25) is 9.59 Å². The highest BCUT2D eigenvalue weighted by Gasteiger charge is 2.19. The number of amides is 2. The second-order valence-electron chi connectivity index (χ2n) is 5.53. The van der Waals surface area contributed by atoms with Crippen molar-refractivity contribution in [3.63, 3.8) is 0 Å². The summed E-state index contributed by atoms with van der Waals surface area (Å²) in [6.07, 6.45) is -0.816. The molecule has 0 saturated carbocycles. The minimum atomic E-state index is -0.816. The van der Waals surface area contributed by atoms with E-state index < -0.39 is 12.0 Å². The molecule has 0 aliphatic heterocycles. The Morgan fingerprint density at radius 1 is 1.21 bits per heavy atom. The van der Waals surface area contributed by atoms with E-state index in [4.69, 9.17) is 22.1 Å². The van der Waals surface area contributed by atoms with Gasteiger partial charge in [0.15, 0.2) is 6.10 Å². The summed E-state index contributed by atoms with van der Waals surface area (Å²) < 4.78 is 5.65. The number of rotatable bonds is 5. The van der Waals surface area contributed by atoms with E-state index in [-0.39, 0.29) is 17.2 Å². The number of carbonyl (C=O) groups is 2. The average Bonchev–Trinajstić information content (AvgIpc) is 2.51. The first-order valence-corrected chi connectivity index (χ1v) is 7.80. The van der Waals surface area contributed by atoms with Crippen molar-refractivity contribution in [2.24, 2.45) is 5.73 Å². The normalized spacial score (nSPS) is 11.7. The number of aryl methyl sites for hydroxylation is 1. The first-order chi connectivity index (χ1) is 11.3. The number of anilines is 1. The first-order valence-electron chi connectivity index (χ1n) is 7.42. The van der Waals surface area contributed by atoms with Gasteiger partial charge in [-0.1, -0.05) is 23.7 Å². The fourth-order valence-corrected chi connectivity index (χ4v) is 2.33. The lowest BCUT2D eigenvalue weighted by Gasteiger charge is -2.18. The number of carbonyl (C=O) groups excluding carboxylic acids is 2. The number of hydrogen-bond acceptors (Lipinski definition) is 3. The molecule has 2 aromatic carbocycles. The molecule has 3 N–H and O–H groups in total. The molecule has 0 radical (unpaired) electrons. The van der Waals surface area contributed by atoms with Gasteiger partial charge in [-0.15, -0.1) is 0 Å². The Morgan fingerprint density at radius 3 is 2.58 bits per heavy atom. The molecule has 2 amide bonds. The third-order valence-electron chi connectivity index (χ3n) is 3.60. The molecule has 0 spiro atoms. The lowest BCUT2D eigenvalue weighted by Crippen LogP contribution is -2.31. The molecule has 2 rings (SSSR count). The van der Waals surface area contributed by atoms with Gasteiger partial charge in [0, 0.05) is 10.7 Å². The van der Waals surface area contributed by atoms with E-state index >= 15 is 0 Å². The minimum absolute atomic E-state index is 0.235. The third kappa shape index (κ3) is 4.06. The molecule has 0 aromatic heterocycles. The Labute approximate surface area is 145 Å². The molecule has 1 atom stereocenters. The number of hydrogen-bond donors (Lipinski definition) is 2. The topological polar surface area (TPSA) is 81.4 Å². The van der Waals surface area contributed by atoms with Crippen LogP contribution in [0.4, 0.5) is 5.69 Å². The van der Waals surface area contributed by atoms with Crippen molar-refractivity contribution < 1.29 is 14.3 Å². The number of halogens is 1. The van der Waals surface area contributed by atoms with E-state index in [1.165, 1.54) is 0 Å². The Kier molecular flexibility index (Phi) is 5.46. The van der Waals surface area contributed by atoms with Crippen LogP contribution in [0.5, 0.6) is 5.75 Å². The largest absolute Gasteiger partial charge is 0.480 e. The zero-order valence-corrected chi connectivity index (χ0v) is 14.5. The number of ether oxygens (including phenoxy) is 1. The van der Waals surface area contributed by atoms with Crippen molar-refractivity contribution in [2.45, 2.75) is 26.9 Å². The maximum atomic E-state index is 12.4. The summed E-state index contributed by atoms with van der Waals surface area (Å²) in [5, 5.41) is 3.34. The number of nitrogens with two attached hydrogens (primary N) is 1. The van der Waals surface area contributed by atoms with Crippen LogP contribution in [0, 0.1) is 13.8 Å². The van der Waals surface area contributed by atoms with Crippen molar-refractivity contribution >= 4 is 29.1 Å². The fraction of sp³-hybridized carbons (Fsp3) is 0.222. The number of nitrogens with one attached hydrogen (secondary N) is 1. The summed E-state index contributed by atoms with van der Waals surface area (Å²) >= 11 is 6.05. The van der Waals surface area contributed by atoms with E-state index in [0.717, 1.165) is 11.1 Å². The average molecular weight is 347 g/mol. The number of primary amides is 1. The summed E-state index contributed by atoms with van der Waals surface area (Å²) in [6.45, 7) is 5.27. The van der Waals surface area contributed by atoms with Gasteiger partial charge in [-0.2, -0.15) is 0 Å². The van der Waals surface area contributed by atoms with Crippen LogP contribution in [0.3, 0.4) is 0 Å². The molecule has 0 aliphatic carbocycles. The molecule has 1 unspecified atom stereocenters. The molecular formula is C18H19ClN2O3. The lowest BCUT2D eigenvalue weighted by molar-refractivity contribution is -0.122. The lowest BCUT2D eigenvalue weighted by atomic mass is 10.1. The van der Waals surface area contributed by atoms with Gasteiger partial charge in [0.2, 0.25) is 0 Å². The van der Waals surface area contributed by atoms with E-state index in [9.17, 15) is 9.59 Å². The van der Waals surface area contributed by atoms with Crippen LogP contribution < -0.4 is 15.8 Å². The molecule has 24 heavy (non-hydrogen) atoms. The zero-order valence-electron chi connectivity index (χ0n) is 13.7. The molecule has 2 aromatic rings.